The van der Waals surface area contributed by atoms with Crippen molar-refractivity contribution in [2.24, 2.45) is 0 Å². The van der Waals surface area contributed by atoms with E-state index in [0.717, 1.165) is 0 Å². The predicted octanol–water partition coefficient (Wildman–Crippen LogP) is -1.32. The van der Waals surface area contributed by atoms with Gasteiger partial charge < -0.3 is 15.5 Å². The van der Waals surface area contributed by atoms with Gasteiger partial charge in [0, 0.05) is 13.0 Å². The molecule has 1 aromatic heterocycles. The van der Waals surface area contributed by atoms with Gasteiger partial charge in [0.15, 0.2) is 0 Å². The molecular formula is C8H12N4O4. The highest BCUT2D eigenvalue weighted by Crippen LogP contribution is 1.96. The highest BCUT2D eigenvalue weighted by atomic mass is 16.4. The Labute approximate surface area is 90.7 Å². The highest BCUT2D eigenvalue weighted by molar-refractivity contribution is 5.93. The van der Waals surface area contributed by atoms with Gasteiger partial charge in [0.05, 0.1) is 0 Å². The summed E-state index contributed by atoms with van der Waals surface area (Å²) in [5.41, 5.74) is 0. The first-order valence-electron chi connectivity index (χ1n) is 4.58. The van der Waals surface area contributed by atoms with Crippen LogP contribution in [0.5, 0.6) is 0 Å². The lowest BCUT2D eigenvalue weighted by Crippen LogP contribution is -2.41. The Morgan fingerprint density at radius 3 is 2.69 bits per heavy atom. The van der Waals surface area contributed by atoms with E-state index in [4.69, 9.17) is 10.2 Å². The fraction of sp³-hybridized carbons (Fsp3) is 0.500. The van der Waals surface area contributed by atoms with E-state index in [9.17, 15) is 9.59 Å². The number of nitrogens with zero attached hydrogens (tertiary/aromatic N) is 2. The first-order chi connectivity index (χ1) is 7.54. The molecular weight excluding hydrogens is 216 g/mol. The van der Waals surface area contributed by atoms with E-state index < -0.39 is 17.9 Å². The Morgan fingerprint density at radius 1 is 1.56 bits per heavy atom. The molecule has 8 nitrogen and oxygen atoms in total. The Kier molecular flexibility index (Phi) is 3.95. The van der Waals surface area contributed by atoms with Gasteiger partial charge in [-0.25, -0.2) is 9.78 Å². The quantitative estimate of drug-likeness (QED) is 0.494. The van der Waals surface area contributed by atoms with E-state index in [0.29, 0.717) is 5.82 Å². The third-order valence-electron chi connectivity index (χ3n) is 1.82. The van der Waals surface area contributed by atoms with Gasteiger partial charge in [-0.2, -0.15) is 0 Å². The Bertz CT molecular complexity index is 389. The topological polar surface area (TPSA) is 128 Å². The normalized spacial score (nSPS) is 12.1. The van der Waals surface area contributed by atoms with Crippen LogP contribution in [-0.4, -0.2) is 49.9 Å². The summed E-state index contributed by atoms with van der Waals surface area (Å²) in [6.45, 7) is 1.29. The van der Waals surface area contributed by atoms with Crippen LogP contribution in [0.4, 0.5) is 0 Å². The number of carbonyl (C=O) groups excluding carboxylic acids is 1. The Balaban J connectivity index is 2.65. The second kappa shape index (κ2) is 5.21. The zero-order valence-electron chi connectivity index (χ0n) is 8.60. The van der Waals surface area contributed by atoms with Crippen molar-refractivity contribution in [1.29, 1.82) is 0 Å². The Morgan fingerprint density at radius 2 is 2.25 bits per heavy atom. The fourth-order valence-electron chi connectivity index (χ4n) is 1.05. The summed E-state index contributed by atoms with van der Waals surface area (Å²) in [6, 6.07) is -1.14. The average Bonchev–Trinajstić information content (AvgIpc) is 2.64. The molecule has 1 heterocycles. The molecule has 4 N–H and O–H groups in total. The monoisotopic (exact) mass is 228 g/mol. The molecule has 0 aromatic carbocycles. The molecule has 0 saturated carbocycles. The number of rotatable bonds is 5. The minimum Gasteiger partial charge on any atom is -0.480 e. The van der Waals surface area contributed by atoms with Gasteiger partial charge in [0.1, 0.15) is 11.9 Å². The first kappa shape index (κ1) is 12.1. The summed E-state index contributed by atoms with van der Waals surface area (Å²) in [5.74, 6) is -1.57. The lowest BCUT2D eigenvalue weighted by atomic mass is 10.2. The molecule has 0 saturated heterocycles. The van der Waals surface area contributed by atoms with Crippen LogP contribution in [-0.2, 0) is 4.79 Å². The number of aromatic nitrogens is 3. The van der Waals surface area contributed by atoms with Crippen LogP contribution < -0.4 is 5.32 Å². The smallest absolute Gasteiger partial charge is 0.326 e. The minimum atomic E-state index is -1.21. The van der Waals surface area contributed by atoms with Crippen LogP contribution in [0.3, 0.4) is 0 Å². The third-order valence-corrected chi connectivity index (χ3v) is 1.82. The number of aliphatic carboxylic acids is 1. The molecule has 0 aliphatic heterocycles. The molecule has 0 aliphatic carbocycles. The van der Waals surface area contributed by atoms with Gasteiger partial charge in [-0.1, -0.05) is 0 Å². The van der Waals surface area contributed by atoms with Gasteiger partial charge in [-0.15, -0.1) is 5.10 Å². The van der Waals surface area contributed by atoms with Crippen LogP contribution >= 0.6 is 0 Å². The summed E-state index contributed by atoms with van der Waals surface area (Å²) in [5, 5.41) is 25.6. The molecule has 0 aliphatic rings. The summed E-state index contributed by atoms with van der Waals surface area (Å²) in [4.78, 5) is 25.9. The number of aromatic amines is 1. The van der Waals surface area contributed by atoms with E-state index >= 15 is 0 Å². The molecule has 8 heteroatoms. The number of carboxylic acid groups (broad SMARTS) is 1. The maximum absolute atomic E-state index is 11.4. The molecule has 0 unspecified atom stereocenters. The number of amides is 1. The number of H-pyrrole nitrogens is 1. The van der Waals surface area contributed by atoms with Crippen LogP contribution in [0.15, 0.2) is 0 Å². The SMILES string of the molecule is Cc1nc(C(=O)N[C@H](CCO)C(=O)O)n[nH]1. The maximum Gasteiger partial charge on any atom is 0.326 e. The number of nitrogens with one attached hydrogen (secondary N) is 2. The molecule has 88 valence electrons. The summed E-state index contributed by atoms with van der Waals surface area (Å²) >= 11 is 0. The van der Waals surface area contributed by atoms with Gasteiger partial charge in [0.2, 0.25) is 5.82 Å². The zero-order valence-corrected chi connectivity index (χ0v) is 8.60. The van der Waals surface area contributed by atoms with Gasteiger partial charge >= 0.3 is 5.97 Å². The van der Waals surface area contributed by atoms with Crippen molar-refractivity contribution in [3.8, 4) is 0 Å². The van der Waals surface area contributed by atoms with Crippen molar-refractivity contribution in [2.75, 3.05) is 6.61 Å². The van der Waals surface area contributed by atoms with Crippen molar-refractivity contribution in [3.63, 3.8) is 0 Å². The van der Waals surface area contributed by atoms with E-state index in [1.54, 1.807) is 6.92 Å². The van der Waals surface area contributed by atoms with Gasteiger partial charge in [0.25, 0.3) is 5.91 Å². The predicted molar refractivity (Wildman–Crippen MR) is 51.7 cm³/mol. The van der Waals surface area contributed by atoms with E-state index in [-0.39, 0.29) is 18.9 Å². The number of hydrogen-bond acceptors (Lipinski definition) is 5. The largest absolute Gasteiger partial charge is 0.480 e. The third kappa shape index (κ3) is 3.02. The number of aliphatic hydroxyl groups excluding tert-OH is 1. The van der Waals surface area contributed by atoms with Crippen molar-refractivity contribution in [3.05, 3.63) is 11.6 Å². The van der Waals surface area contributed by atoms with Crippen LogP contribution in [0, 0.1) is 6.92 Å². The number of carboxylic acids is 1. The van der Waals surface area contributed by atoms with Crippen molar-refractivity contribution in [2.45, 2.75) is 19.4 Å². The zero-order chi connectivity index (χ0) is 12.1. The summed E-state index contributed by atoms with van der Waals surface area (Å²) in [7, 11) is 0. The van der Waals surface area contributed by atoms with E-state index in [1.165, 1.54) is 0 Å². The molecule has 0 radical (unpaired) electrons. The number of hydrogen-bond donors (Lipinski definition) is 4. The average molecular weight is 228 g/mol. The first-order valence-corrected chi connectivity index (χ1v) is 4.58. The summed E-state index contributed by atoms with van der Waals surface area (Å²) < 4.78 is 0. The molecule has 16 heavy (non-hydrogen) atoms. The molecule has 1 aromatic rings. The van der Waals surface area contributed by atoms with E-state index in [1.807, 2.05) is 0 Å². The Hall–Kier alpha value is -1.96. The lowest BCUT2D eigenvalue weighted by Gasteiger charge is -2.11. The number of aliphatic hydroxyl groups is 1. The molecule has 1 rings (SSSR count). The maximum atomic E-state index is 11.4. The molecule has 1 amide bonds. The molecule has 0 spiro atoms. The molecule has 0 fully saturated rings. The summed E-state index contributed by atoms with van der Waals surface area (Å²) in [6.07, 6.45) is -0.0650. The second-order valence-electron chi connectivity index (χ2n) is 3.12. The van der Waals surface area contributed by atoms with Crippen molar-refractivity contribution in [1.82, 2.24) is 20.5 Å². The minimum absolute atomic E-state index is 0.0650. The van der Waals surface area contributed by atoms with Crippen molar-refractivity contribution < 1.29 is 19.8 Å². The van der Waals surface area contributed by atoms with E-state index in [2.05, 4.69) is 20.5 Å². The van der Waals surface area contributed by atoms with Crippen LogP contribution in [0.1, 0.15) is 22.9 Å². The van der Waals surface area contributed by atoms with Gasteiger partial charge in [-0.05, 0) is 6.92 Å². The standard InChI is InChI=1S/C8H12N4O4/c1-4-9-6(12-11-4)7(14)10-5(2-3-13)8(15)16/h5,13H,2-3H2,1H3,(H,10,14)(H,15,16)(H,9,11,12)/t5-/m1/s1. The lowest BCUT2D eigenvalue weighted by molar-refractivity contribution is -0.139. The van der Waals surface area contributed by atoms with Gasteiger partial charge in [-0.3, -0.25) is 9.89 Å². The van der Waals surface area contributed by atoms with Crippen LogP contribution in [0.25, 0.3) is 0 Å². The second-order valence-corrected chi connectivity index (χ2v) is 3.12. The highest BCUT2D eigenvalue weighted by Gasteiger charge is 2.21. The molecule has 0 bridgehead atoms. The van der Waals surface area contributed by atoms with Crippen molar-refractivity contribution >= 4 is 11.9 Å². The number of carbonyl (C=O) groups is 2. The fourth-order valence-corrected chi connectivity index (χ4v) is 1.05. The molecule has 1 atom stereocenters. The number of aryl methyl sites for hydroxylation is 1. The van der Waals surface area contributed by atoms with Crippen LogP contribution in [0.2, 0.25) is 0 Å².